The molecule has 31 heavy (non-hydrogen) atoms. The Balaban J connectivity index is 1.15. The largest absolute Gasteiger partial charge is 0.456 e. The predicted octanol–water partition coefficient (Wildman–Crippen LogP) is 2.63. The number of hydrogen-bond donors (Lipinski definition) is 2. The highest BCUT2D eigenvalue weighted by Gasteiger charge is 2.54. The highest BCUT2D eigenvalue weighted by Crippen LogP contribution is 2.60. The van der Waals surface area contributed by atoms with E-state index in [1.165, 1.54) is 19.3 Å². The predicted molar refractivity (Wildman–Crippen MR) is 112 cm³/mol. The molecule has 1 heterocycles. The summed E-state index contributed by atoms with van der Waals surface area (Å²) in [6, 6.07) is 4.15. The first-order valence-corrected chi connectivity index (χ1v) is 11.2. The minimum atomic E-state index is -0.796. The second-order valence-electron chi connectivity index (χ2n) is 10.0. The lowest BCUT2D eigenvalue weighted by molar-refractivity contribution is -0.153. The number of anilines is 1. The van der Waals surface area contributed by atoms with E-state index in [2.05, 4.69) is 10.6 Å². The van der Waals surface area contributed by atoms with Crippen molar-refractivity contribution in [3.8, 4) is 0 Å². The molecule has 0 aromatic heterocycles. The Hall–Kier alpha value is -2.70. The Labute approximate surface area is 181 Å². The lowest BCUT2D eigenvalue weighted by atomic mass is 9.49. The maximum absolute atomic E-state index is 13.1. The molecule has 1 aromatic rings. The summed E-state index contributed by atoms with van der Waals surface area (Å²) in [6.07, 6.45) is 6.78. The van der Waals surface area contributed by atoms with Gasteiger partial charge in [0.1, 0.15) is 6.04 Å². The molecule has 1 aliphatic heterocycles. The molecule has 164 valence electrons. The van der Waals surface area contributed by atoms with Crippen LogP contribution in [0.5, 0.6) is 0 Å². The number of nitrogens with one attached hydrogen (secondary N) is 2. The van der Waals surface area contributed by atoms with Crippen LogP contribution >= 0.6 is 0 Å². The van der Waals surface area contributed by atoms with Crippen LogP contribution < -0.4 is 10.6 Å². The van der Waals surface area contributed by atoms with Crippen molar-refractivity contribution in [1.29, 1.82) is 0 Å². The number of amides is 2. The van der Waals surface area contributed by atoms with Crippen LogP contribution in [-0.4, -0.2) is 36.2 Å². The number of carbonyl (C=O) groups is 4. The number of benzene rings is 1. The van der Waals surface area contributed by atoms with Crippen molar-refractivity contribution in [3.05, 3.63) is 29.3 Å². The van der Waals surface area contributed by atoms with Crippen LogP contribution in [0.1, 0.15) is 61.4 Å². The zero-order valence-corrected chi connectivity index (χ0v) is 17.7. The number of Topliss-reactive ketones (excluding diaryl/α,β-unsaturated/α-hetero) is 1. The van der Waals surface area contributed by atoms with Crippen LogP contribution in [-0.2, 0) is 25.5 Å². The summed E-state index contributed by atoms with van der Waals surface area (Å²) in [5.41, 5.74) is 1.54. The van der Waals surface area contributed by atoms with Gasteiger partial charge in [-0.15, -0.1) is 0 Å². The number of ether oxygens (including phenoxy) is 1. The van der Waals surface area contributed by atoms with E-state index in [4.69, 9.17) is 4.74 Å². The fourth-order valence-corrected chi connectivity index (χ4v) is 6.55. The molecule has 4 aliphatic carbocycles. The summed E-state index contributed by atoms with van der Waals surface area (Å²) in [5.74, 6) is 0.867. The van der Waals surface area contributed by atoms with Crippen molar-refractivity contribution in [2.45, 2.75) is 57.9 Å². The standard InChI is InChI=1S/C24H28N2O5/c1-13(25-23(30)24-9-14-4-15(10-24)6-16(5-14)11-24)22(29)31-12-20(27)17-2-3-19-18(7-17)8-21(28)26-19/h2-3,7,13-16H,4-6,8-12H2,1H3,(H,25,30)(H,26,28)/t13-,14?,15?,16?,24?/m0/s1. The molecule has 4 saturated carbocycles. The first-order chi connectivity index (χ1) is 14.8. The molecule has 5 aliphatic rings. The fraction of sp³-hybridized carbons (Fsp3) is 0.583. The van der Waals surface area contributed by atoms with Gasteiger partial charge in [0.05, 0.1) is 6.42 Å². The molecule has 4 bridgehead atoms. The molecule has 1 atom stereocenters. The van der Waals surface area contributed by atoms with E-state index in [0.717, 1.165) is 24.8 Å². The molecule has 7 nitrogen and oxygen atoms in total. The number of ketones is 1. The zero-order valence-electron chi connectivity index (χ0n) is 17.7. The summed E-state index contributed by atoms with van der Waals surface area (Å²) in [4.78, 5) is 49.4. The summed E-state index contributed by atoms with van der Waals surface area (Å²) < 4.78 is 5.19. The Morgan fingerprint density at radius 2 is 1.77 bits per heavy atom. The van der Waals surface area contributed by atoms with E-state index in [-0.39, 0.29) is 29.4 Å². The Kier molecular flexibility index (Phi) is 4.87. The molecule has 4 fully saturated rings. The van der Waals surface area contributed by atoms with Gasteiger partial charge in [-0.05, 0) is 87.0 Å². The average molecular weight is 424 g/mol. The van der Waals surface area contributed by atoms with Crippen LogP contribution in [0.4, 0.5) is 5.69 Å². The van der Waals surface area contributed by atoms with Gasteiger partial charge in [0.15, 0.2) is 12.4 Å². The number of carbonyl (C=O) groups excluding carboxylic acids is 4. The maximum Gasteiger partial charge on any atom is 0.328 e. The Morgan fingerprint density at radius 1 is 1.13 bits per heavy atom. The smallest absolute Gasteiger partial charge is 0.328 e. The second kappa shape index (κ2) is 7.46. The number of fused-ring (bicyclic) bond motifs is 1. The van der Waals surface area contributed by atoms with Crippen LogP contribution in [0.15, 0.2) is 18.2 Å². The first-order valence-electron chi connectivity index (χ1n) is 11.2. The topological polar surface area (TPSA) is 102 Å². The Morgan fingerprint density at radius 3 is 2.42 bits per heavy atom. The van der Waals surface area contributed by atoms with Gasteiger partial charge < -0.3 is 15.4 Å². The van der Waals surface area contributed by atoms with Crippen LogP contribution in [0, 0.1) is 23.2 Å². The molecule has 2 amide bonds. The molecule has 0 unspecified atom stereocenters. The third-order valence-corrected chi connectivity index (χ3v) is 7.62. The summed E-state index contributed by atoms with van der Waals surface area (Å²) in [7, 11) is 0. The molecule has 1 aromatic carbocycles. The lowest BCUT2D eigenvalue weighted by Crippen LogP contribution is -2.56. The minimum absolute atomic E-state index is 0.0295. The van der Waals surface area contributed by atoms with E-state index < -0.39 is 18.6 Å². The van der Waals surface area contributed by atoms with Crippen LogP contribution in [0.25, 0.3) is 0 Å². The van der Waals surface area contributed by atoms with Gasteiger partial charge in [-0.3, -0.25) is 14.4 Å². The second-order valence-corrected chi connectivity index (χ2v) is 10.0. The van der Waals surface area contributed by atoms with Gasteiger partial charge >= 0.3 is 5.97 Å². The molecule has 0 saturated heterocycles. The number of hydrogen-bond acceptors (Lipinski definition) is 5. The van der Waals surface area contributed by atoms with E-state index >= 15 is 0 Å². The zero-order chi connectivity index (χ0) is 21.8. The van der Waals surface area contributed by atoms with Crippen molar-refractivity contribution in [2.75, 3.05) is 11.9 Å². The van der Waals surface area contributed by atoms with Gasteiger partial charge in [-0.2, -0.15) is 0 Å². The van der Waals surface area contributed by atoms with E-state index in [1.54, 1.807) is 25.1 Å². The number of esters is 1. The third-order valence-electron chi connectivity index (χ3n) is 7.62. The normalized spacial score (nSPS) is 31.0. The number of rotatable bonds is 6. The van der Waals surface area contributed by atoms with Crippen molar-refractivity contribution >= 4 is 29.3 Å². The van der Waals surface area contributed by atoms with E-state index in [0.29, 0.717) is 29.0 Å². The molecule has 7 heteroatoms. The first kappa shape index (κ1) is 20.2. The molecular formula is C24H28N2O5. The molecule has 2 N–H and O–H groups in total. The summed E-state index contributed by atoms with van der Waals surface area (Å²) in [5, 5.41) is 5.59. The molecule has 0 radical (unpaired) electrons. The van der Waals surface area contributed by atoms with E-state index in [9.17, 15) is 19.2 Å². The van der Waals surface area contributed by atoms with Gasteiger partial charge in [-0.1, -0.05) is 0 Å². The molecular weight excluding hydrogens is 396 g/mol. The highest BCUT2D eigenvalue weighted by molar-refractivity contribution is 6.03. The van der Waals surface area contributed by atoms with Gasteiger partial charge in [0.2, 0.25) is 11.8 Å². The molecule has 6 rings (SSSR count). The summed E-state index contributed by atoms with van der Waals surface area (Å²) in [6.45, 7) is 1.22. The van der Waals surface area contributed by atoms with Crippen LogP contribution in [0.2, 0.25) is 0 Å². The fourth-order valence-electron chi connectivity index (χ4n) is 6.55. The minimum Gasteiger partial charge on any atom is -0.456 e. The van der Waals surface area contributed by atoms with Gasteiger partial charge in [0.25, 0.3) is 0 Å². The van der Waals surface area contributed by atoms with Gasteiger partial charge in [0, 0.05) is 16.7 Å². The Bertz CT molecular complexity index is 933. The third kappa shape index (κ3) is 3.75. The van der Waals surface area contributed by atoms with Crippen LogP contribution in [0.3, 0.4) is 0 Å². The monoisotopic (exact) mass is 424 g/mol. The summed E-state index contributed by atoms with van der Waals surface area (Å²) >= 11 is 0. The molecule has 0 spiro atoms. The van der Waals surface area contributed by atoms with Crippen molar-refractivity contribution in [3.63, 3.8) is 0 Å². The lowest BCUT2D eigenvalue weighted by Gasteiger charge is -2.55. The van der Waals surface area contributed by atoms with Crippen molar-refractivity contribution < 1.29 is 23.9 Å². The average Bonchev–Trinajstić information content (AvgIpc) is 3.09. The van der Waals surface area contributed by atoms with E-state index in [1.807, 2.05) is 0 Å². The quantitative estimate of drug-likeness (QED) is 0.540. The van der Waals surface area contributed by atoms with Crippen molar-refractivity contribution in [2.24, 2.45) is 23.2 Å². The van der Waals surface area contributed by atoms with Gasteiger partial charge in [-0.25, -0.2) is 4.79 Å². The van der Waals surface area contributed by atoms with Crippen molar-refractivity contribution in [1.82, 2.24) is 5.32 Å². The maximum atomic E-state index is 13.1. The highest BCUT2D eigenvalue weighted by atomic mass is 16.5. The SMILES string of the molecule is C[C@H](NC(=O)C12CC3CC(CC(C3)C1)C2)C(=O)OCC(=O)c1ccc2c(c1)CC(=O)N2.